The summed E-state index contributed by atoms with van der Waals surface area (Å²) in [7, 11) is 0. The van der Waals surface area contributed by atoms with Crippen molar-refractivity contribution in [2.75, 3.05) is 30.8 Å². The minimum atomic E-state index is -0.480. The molecule has 0 spiro atoms. The van der Waals surface area contributed by atoms with Crippen molar-refractivity contribution in [3.8, 4) is 0 Å². The number of benzene rings is 1. The molecule has 0 radical (unpaired) electrons. The predicted octanol–water partition coefficient (Wildman–Crippen LogP) is 2.49. The molecule has 1 aromatic carbocycles. The van der Waals surface area contributed by atoms with E-state index < -0.39 is 5.41 Å². The molecule has 2 rings (SSSR count). The van der Waals surface area contributed by atoms with Crippen LogP contribution in [-0.2, 0) is 9.53 Å². The predicted molar refractivity (Wildman–Crippen MR) is 83.0 cm³/mol. The average molecular weight is 294 g/mol. The van der Waals surface area contributed by atoms with Gasteiger partial charge < -0.3 is 15.8 Å². The number of rotatable bonds is 5. The molecule has 3 N–H and O–H groups in total. The van der Waals surface area contributed by atoms with E-state index in [0.717, 1.165) is 11.4 Å². The van der Waals surface area contributed by atoms with Crippen molar-refractivity contribution in [1.29, 1.82) is 0 Å². The lowest BCUT2D eigenvalue weighted by Crippen LogP contribution is -2.46. The fraction of sp³-hybridized carbons (Fsp3) is 0.533. The average Bonchev–Trinajstić information content (AvgIpc) is 2.48. The Kier molecular flexibility index (Phi) is 5.46. The van der Waals surface area contributed by atoms with Gasteiger partial charge in [0, 0.05) is 30.3 Å². The molecule has 0 aromatic heterocycles. The van der Waals surface area contributed by atoms with Crippen molar-refractivity contribution in [3.05, 3.63) is 24.3 Å². The first kappa shape index (κ1) is 15.4. The van der Waals surface area contributed by atoms with E-state index in [0.29, 0.717) is 32.6 Å². The molecule has 1 heterocycles. The van der Waals surface area contributed by atoms with E-state index >= 15 is 0 Å². The smallest absolute Gasteiger partial charge is 0.232 e. The molecule has 4 nitrogen and oxygen atoms in total. The van der Waals surface area contributed by atoms with E-state index in [9.17, 15) is 4.79 Å². The molecular formula is C15H22N2O2S. The van der Waals surface area contributed by atoms with Gasteiger partial charge in [0.15, 0.2) is 0 Å². The lowest BCUT2D eigenvalue weighted by atomic mass is 9.79. The van der Waals surface area contributed by atoms with Gasteiger partial charge in [0.25, 0.3) is 0 Å². The molecule has 0 bridgehead atoms. The van der Waals surface area contributed by atoms with Gasteiger partial charge in [0.1, 0.15) is 0 Å². The zero-order valence-corrected chi connectivity index (χ0v) is 12.7. The Morgan fingerprint density at radius 2 is 2.20 bits per heavy atom. The van der Waals surface area contributed by atoms with Gasteiger partial charge in [-0.05, 0) is 36.8 Å². The summed E-state index contributed by atoms with van der Waals surface area (Å²) >= 11 is 1.76. The number of nitrogens with two attached hydrogens (primary N) is 1. The first-order chi connectivity index (χ1) is 9.70. The molecular weight excluding hydrogens is 272 g/mol. The molecule has 0 atom stereocenters. The van der Waals surface area contributed by atoms with Gasteiger partial charge in [-0.1, -0.05) is 13.0 Å². The molecule has 0 saturated carbocycles. The highest BCUT2D eigenvalue weighted by Crippen LogP contribution is 2.31. The Balaban J connectivity index is 2.08. The molecule has 110 valence electrons. The Morgan fingerprint density at radius 1 is 1.45 bits per heavy atom. The Bertz CT molecular complexity index is 459. The Morgan fingerprint density at radius 3 is 2.85 bits per heavy atom. The summed E-state index contributed by atoms with van der Waals surface area (Å²) in [5.74, 6) is 1.03. The Hall–Kier alpha value is -1.04. The van der Waals surface area contributed by atoms with Gasteiger partial charge >= 0.3 is 0 Å². The zero-order chi connectivity index (χ0) is 14.4. The van der Waals surface area contributed by atoms with Crippen molar-refractivity contribution in [1.82, 2.24) is 0 Å². The fourth-order valence-corrected chi connectivity index (χ4v) is 3.10. The number of hydrogen-bond donors (Lipinski definition) is 2. The minimum absolute atomic E-state index is 0.0157. The Labute approximate surface area is 124 Å². The molecule has 1 aromatic rings. The van der Waals surface area contributed by atoms with Crippen LogP contribution in [0.4, 0.5) is 5.69 Å². The normalized spacial score (nSPS) is 17.7. The van der Waals surface area contributed by atoms with Crippen LogP contribution in [0.25, 0.3) is 0 Å². The summed E-state index contributed by atoms with van der Waals surface area (Å²) in [6.07, 6.45) is 1.39. The minimum Gasteiger partial charge on any atom is -0.381 e. The van der Waals surface area contributed by atoms with Gasteiger partial charge in [0.2, 0.25) is 5.91 Å². The van der Waals surface area contributed by atoms with Gasteiger partial charge in [0.05, 0.1) is 5.41 Å². The van der Waals surface area contributed by atoms with Crippen LogP contribution in [0.3, 0.4) is 0 Å². The number of amides is 1. The van der Waals surface area contributed by atoms with Crippen molar-refractivity contribution in [2.45, 2.75) is 24.7 Å². The van der Waals surface area contributed by atoms with Crippen LogP contribution in [0.2, 0.25) is 0 Å². The first-order valence-corrected chi connectivity index (χ1v) is 8.01. The lowest BCUT2D eigenvalue weighted by Gasteiger charge is -2.34. The third-order valence-electron chi connectivity index (χ3n) is 3.73. The molecule has 0 aliphatic carbocycles. The van der Waals surface area contributed by atoms with E-state index in [1.807, 2.05) is 18.2 Å². The fourth-order valence-electron chi connectivity index (χ4n) is 2.38. The quantitative estimate of drug-likeness (QED) is 0.819. The van der Waals surface area contributed by atoms with Crippen LogP contribution >= 0.6 is 11.8 Å². The molecule has 5 heteroatoms. The summed E-state index contributed by atoms with van der Waals surface area (Å²) < 4.78 is 5.34. The van der Waals surface area contributed by atoms with E-state index in [1.54, 1.807) is 11.8 Å². The molecule has 1 aliphatic heterocycles. The summed E-state index contributed by atoms with van der Waals surface area (Å²) in [6.45, 7) is 3.69. The van der Waals surface area contributed by atoms with Gasteiger partial charge in [-0.2, -0.15) is 0 Å². The molecule has 1 amide bonds. The van der Waals surface area contributed by atoms with Gasteiger partial charge in [-0.3, -0.25) is 4.79 Å². The van der Waals surface area contributed by atoms with Gasteiger partial charge in [-0.15, -0.1) is 11.8 Å². The van der Waals surface area contributed by atoms with Crippen LogP contribution in [0.15, 0.2) is 29.2 Å². The second kappa shape index (κ2) is 7.11. The van der Waals surface area contributed by atoms with E-state index in [-0.39, 0.29) is 5.91 Å². The number of hydrogen-bond acceptors (Lipinski definition) is 4. The van der Waals surface area contributed by atoms with Crippen molar-refractivity contribution in [2.24, 2.45) is 11.1 Å². The molecule has 1 aliphatic rings. The number of carbonyl (C=O) groups excluding carboxylic acids is 1. The summed E-state index contributed by atoms with van der Waals surface area (Å²) in [6, 6.07) is 7.94. The van der Waals surface area contributed by atoms with Crippen LogP contribution in [0.1, 0.15) is 19.8 Å². The summed E-state index contributed by atoms with van der Waals surface area (Å²) in [4.78, 5) is 13.7. The first-order valence-electron chi connectivity index (χ1n) is 7.02. The maximum absolute atomic E-state index is 12.5. The third kappa shape index (κ3) is 3.53. The SMILES string of the molecule is CCSc1cccc(NC(=O)C2(CN)CCOCC2)c1. The third-order valence-corrected chi connectivity index (χ3v) is 4.60. The summed E-state index contributed by atoms with van der Waals surface area (Å²) in [5, 5.41) is 3.01. The van der Waals surface area contributed by atoms with E-state index in [1.165, 1.54) is 4.90 Å². The maximum atomic E-state index is 12.5. The van der Waals surface area contributed by atoms with Crippen LogP contribution in [-0.4, -0.2) is 31.4 Å². The number of ether oxygens (including phenoxy) is 1. The molecule has 1 saturated heterocycles. The van der Waals surface area contributed by atoms with Gasteiger partial charge in [-0.25, -0.2) is 0 Å². The highest BCUT2D eigenvalue weighted by molar-refractivity contribution is 7.99. The topological polar surface area (TPSA) is 64.4 Å². The van der Waals surface area contributed by atoms with Crippen LogP contribution < -0.4 is 11.1 Å². The highest BCUT2D eigenvalue weighted by atomic mass is 32.2. The number of thioether (sulfide) groups is 1. The van der Waals surface area contributed by atoms with Crippen LogP contribution in [0.5, 0.6) is 0 Å². The maximum Gasteiger partial charge on any atom is 0.232 e. The van der Waals surface area contributed by atoms with Crippen molar-refractivity contribution in [3.63, 3.8) is 0 Å². The standard InChI is InChI=1S/C15H22N2O2S/c1-2-20-13-5-3-4-12(10-13)17-14(18)15(11-16)6-8-19-9-7-15/h3-5,10H,2,6-9,11,16H2,1H3,(H,17,18). The molecule has 1 fully saturated rings. The largest absolute Gasteiger partial charge is 0.381 e. The number of anilines is 1. The monoisotopic (exact) mass is 294 g/mol. The van der Waals surface area contributed by atoms with Crippen molar-refractivity contribution < 1.29 is 9.53 Å². The van der Waals surface area contributed by atoms with Crippen molar-refractivity contribution >= 4 is 23.4 Å². The molecule has 20 heavy (non-hydrogen) atoms. The van der Waals surface area contributed by atoms with E-state index in [4.69, 9.17) is 10.5 Å². The zero-order valence-electron chi connectivity index (χ0n) is 11.9. The van der Waals surface area contributed by atoms with E-state index in [2.05, 4.69) is 18.3 Å². The second-order valence-electron chi connectivity index (χ2n) is 5.01. The second-order valence-corrected chi connectivity index (χ2v) is 6.35. The number of carbonyl (C=O) groups is 1. The van der Waals surface area contributed by atoms with Crippen LogP contribution in [0, 0.1) is 5.41 Å². The summed E-state index contributed by atoms with van der Waals surface area (Å²) in [5.41, 5.74) is 6.21. The molecule has 0 unspecified atom stereocenters. The number of nitrogens with one attached hydrogen (secondary N) is 1. The lowest BCUT2D eigenvalue weighted by molar-refractivity contribution is -0.130. The highest BCUT2D eigenvalue weighted by Gasteiger charge is 2.38.